The van der Waals surface area contributed by atoms with E-state index in [-0.39, 0.29) is 0 Å². The average molecular weight is 191 g/mol. The Kier molecular flexibility index (Phi) is 4.13. The molecule has 1 aromatic rings. The van der Waals surface area contributed by atoms with E-state index in [0.29, 0.717) is 0 Å². The summed E-state index contributed by atoms with van der Waals surface area (Å²) in [5.74, 6) is 0.984. The quantitative estimate of drug-likeness (QED) is 0.713. The van der Waals surface area contributed by atoms with Crippen LogP contribution in [-0.2, 0) is 6.54 Å². The van der Waals surface area contributed by atoms with Gasteiger partial charge in [-0.05, 0) is 24.7 Å². The van der Waals surface area contributed by atoms with Crippen molar-refractivity contribution in [3.8, 4) is 0 Å². The third kappa shape index (κ3) is 2.85. The zero-order valence-electron chi connectivity index (χ0n) is 8.83. The number of nitrogens with one attached hydrogen (secondary N) is 1. The molecule has 3 heteroatoms. The van der Waals surface area contributed by atoms with Gasteiger partial charge in [0, 0.05) is 26.3 Å². The highest BCUT2D eigenvalue weighted by Crippen LogP contribution is 2.10. The second-order valence-corrected chi connectivity index (χ2v) is 3.22. The van der Waals surface area contributed by atoms with Crippen LogP contribution in [0.15, 0.2) is 31.0 Å². The van der Waals surface area contributed by atoms with E-state index >= 15 is 0 Å². The maximum absolute atomic E-state index is 4.29. The minimum atomic E-state index is 0.815. The fraction of sp³-hybridized carbons (Fsp3) is 0.364. The lowest BCUT2D eigenvalue weighted by atomic mass is 10.2. The van der Waals surface area contributed by atoms with Crippen molar-refractivity contribution in [3.05, 3.63) is 36.5 Å². The summed E-state index contributed by atoms with van der Waals surface area (Å²) in [4.78, 5) is 6.35. The van der Waals surface area contributed by atoms with Gasteiger partial charge in [-0.25, -0.2) is 4.98 Å². The van der Waals surface area contributed by atoms with E-state index in [1.165, 1.54) is 5.56 Å². The highest BCUT2D eigenvalue weighted by atomic mass is 15.1. The van der Waals surface area contributed by atoms with E-state index in [1.807, 2.05) is 32.4 Å². The van der Waals surface area contributed by atoms with Crippen molar-refractivity contribution >= 4 is 5.82 Å². The summed E-state index contributed by atoms with van der Waals surface area (Å²) in [7, 11) is 3.95. The SMILES string of the molecule is C=CCN(C)c1cc(CNC)ccn1. The summed E-state index contributed by atoms with van der Waals surface area (Å²) in [5, 5.41) is 3.12. The second kappa shape index (κ2) is 5.40. The number of rotatable bonds is 5. The summed E-state index contributed by atoms with van der Waals surface area (Å²) in [6.45, 7) is 5.39. The molecule has 1 N–H and O–H groups in total. The molecule has 0 atom stereocenters. The molecule has 0 unspecified atom stereocenters. The lowest BCUT2D eigenvalue weighted by Gasteiger charge is -2.16. The molecular weight excluding hydrogens is 174 g/mol. The van der Waals surface area contributed by atoms with Crippen molar-refractivity contribution in [1.29, 1.82) is 0 Å². The van der Waals surface area contributed by atoms with Gasteiger partial charge in [0.1, 0.15) is 5.82 Å². The molecule has 1 rings (SSSR count). The normalized spacial score (nSPS) is 9.86. The Morgan fingerprint density at radius 1 is 1.64 bits per heavy atom. The minimum Gasteiger partial charge on any atom is -0.356 e. The third-order valence-corrected chi connectivity index (χ3v) is 1.98. The molecule has 0 aromatic carbocycles. The summed E-state index contributed by atoms with van der Waals surface area (Å²) in [5.41, 5.74) is 1.24. The van der Waals surface area contributed by atoms with Crippen LogP contribution in [0.5, 0.6) is 0 Å². The molecule has 0 bridgehead atoms. The first kappa shape index (κ1) is 10.7. The molecule has 0 fully saturated rings. The van der Waals surface area contributed by atoms with E-state index in [9.17, 15) is 0 Å². The standard InChI is InChI=1S/C11H17N3/c1-4-7-14(3)11-8-10(9-12-2)5-6-13-11/h4-6,8,12H,1,7,9H2,2-3H3. The molecular formula is C11H17N3. The lowest BCUT2D eigenvalue weighted by Crippen LogP contribution is -2.18. The molecule has 1 aromatic heterocycles. The van der Waals surface area contributed by atoms with Crippen LogP contribution in [0, 0.1) is 0 Å². The molecule has 0 saturated carbocycles. The van der Waals surface area contributed by atoms with Gasteiger partial charge in [0.05, 0.1) is 0 Å². The average Bonchev–Trinajstić information content (AvgIpc) is 2.19. The Balaban J connectivity index is 2.76. The van der Waals surface area contributed by atoms with Crippen molar-refractivity contribution in [3.63, 3.8) is 0 Å². The van der Waals surface area contributed by atoms with Gasteiger partial charge in [0.25, 0.3) is 0 Å². The molecule has 14 heavy (non-hydrogen) atoms. The Labute approximate surface area is 85.5 Å². The van der Waals surface area contributed by atoms with E-state index in [2.05, 4.69) is 27.8 Å². The Bertz CT molecular complexity index is 296. The molecule has 0 aliphatic heterocycles. The van der Waals surface area contributed by atoms with Crippen LogP contribution in [-0.4, -0.2) is 25.6 Å². The second-order valence-electron chi connectivity index (χ2n) is 3.22. The van der Waals surface area contributed by atoms with Crippen LogP contribution in [0.4, 0.5) is 5.82 Å². The highest BCUT2D eigenvalue weighted by Gasteiger charge is 2.00. The maximum Gasteiger partial charge on any atom is 0.128 e. The minimum absolute atomic E-state index is 0.815. The van der Waals surface area contributed by atoms with Gasteiger partial charge in [-0.3, -0.25) is 0 Å². The summed E-state index contributed by atoms with van der Waals surface area (Å²) >= 11 is 0. The fourth-order valence-corrected chi connectivity index (χ4v) is 1.27. The summed E-state index contributed by atoms with van der Waals surface area (Å²) in [6.07, 6.45) is 3.70. The number of anilines is 1. The van der Waals surface area contributed by atoms with Gasteiger partial charge in [-0.15, -0.1) is 6.58 Å². The van der Waals surface area contributed by atoms with Crippen LogP contribution in [0.25, 0.3) is 0 Å². The zero-order valence-corrected chi connectivity index (χ0v) is 8.83. The van der Waals surface area contributed by atoms with Crippen molar-refractivity contribution in [2.24, 2.45) is 0 Å². The Morgan fingerprint density at radius 2 is 2.43 bits per heavy atom. The first-order valence-corrected chi connectivity index (χ1v) is 4.69. The smallest absolute Gasteiger partial charge is 0.128 e. The summed E-state index contributed by atoms with van der Waals surface area (Å²) in [6, 6.07) is 4.10. The maximum atomic E-state index is 4.29. The Morgan fingerprint density at radius 3 is 3.07 bits per heavy atom. The van der Waals surface area contributed by atoms with Crippen LogP contribution in [0.1, 0.15) is 5.56 Å². The Hall–Kier alpha value is -1.35. The number of hydrogen-bond acceptors (Lipinski definition) is 3. The number of aromatic nitrogens is 1. The number of hydrogen-bond donors (Lipinski definition) is 1. The molecule has 0 amide bonds. The van der Waals surface area contributed by atoms with Gasteiger partial charge in [0.15, 0.2) is 0 Å². The first-order valence-electron chi connectivity index (χ1n) is 4.69. The van der Waals surface area contributed by atoms with Crippen LogP contribution < -0.4 is 10.2 Å². The molecule has 3 nitrogen and oxygen atoms in total. The first-order chi connectivity index (χ1) is 6.77. The molecule has 0 aliphatic carbocycles. The van der Waals surface area contributed by atoms with E-state index in [1.54, 1.807) is 0 Å². The van der Waals surface area contributed by atoms with E-state index in [0.717, 1.165) is 18.9 Å². The van der Waals surface area contributed by atoms with Gasteiger partial charge in [0.2, 0.25) is 0 Å². The van der Waals surface area contributed by atoms with Gasteiger partial charge in [-0.2, -0.15) is 0 Å². The van der Waals surface area contributed by atoms with E-state index < -0.39 is 0 Å². The monoisotopic (exact) mass is 191 g/mol. The van der Waals surface area contributed by atoms with Gasteiger partial charge >= 0.3 is 0 Å². The van der Waals surface area contributed by atoms with Crippen molar-refractivity contribution in [2.75, 3.05) is 25.5 Å². The van der Waals surface area contributed by atoms with Crippen LogP contribution >= 0.6 is 0 Å². The van der Waals surface area contributed by atoms with Crippen molar-refractivity contribution in [1.82, 2.24) is 10.3 Å². The predicted molar refractivity (Wildman–Crippen MR) is 60.5 cm³/mol. The molecule has 0 spiro atoms. The fourth-order valence-electron chi connectivity index (χ4n) is 1.27. The number of pyridine rings is 1. The predicted octanol–water partition coefficient (Wildman–Crippen LogP) is 1.42. The summed E-state index contributed by atoms with van der Waals surface area (Å²) < 4.78 is 0. The topological polar surface area (TPSA) is 28.2 Å². The molecule has 0 aliphatic rings. The highest BCUT2D eigenvalue weighted by molar-refractivity contribution is 5.40. The molecule has 0 radical (unpaired) electrons. The molecule has 0 saturated heterocycles. The zero-order chi connectivity index (χ0) is 10.4. The number of likely N-dealkylation sites (N-methyl/N-ethyl adjacent to an activating group) is 1. The van der Waals surface area contributed by atoms with Crippen molar-refractivity contribution in [2.45, 2.75) is 6.54 Å². The van der Waals surface area contributed by atoms with Crippen molar-refractivity contribution < 1.29 is 0 Å². The third-order valence-electron chi connectivity index (χ3n) is 1.98. The van der Waals surface area contributed by atoms with Gasteiger partial charge < -0.3 is 10.2 Å². The van der Waals surface area contributed by atoms with E-state index in [4.69, 9.17) is 0 Å². The number of nitrogens with zero attached hydrogens (tertiary/aromatic N) is 2. The van der Waals surface area contributed by atoms with Gasteiger partial charge in [-0.1, -0.05) is 6.08 Å². The molecule has 1 heterocycles. The molecule has 76 valence electrons. The van der Waals surface area contributed by atoms with Crippen LogP contribution in [0.2, 0.25) is 0 Å². The largest absolute Gasteiger partial charge is 0.356 e. The lowest BCUT2D eigenvalue weighted by molar-refractivity contribution is 0.814. The van der Waals surface area contributed by atoms with Crippen LogP contribution in [0.3, 0.4) is 0 Å².